The van der Waals surface area contributed by atoms with E-state index in [2.05, 4.69) is 15.2 Å². The molecule has 2 fully saturated rings. The summed E-state index contributed by atoms with van der Waals surface area (Å²) >= 11 is 0. The summed E-state index contributed by atoms with van der Waals surface area (Å²) in [5, 5.41) is 12.3. The molecule has 3 heterocycles. The molecule has 7 nitrogen and oxygen atoms in total. The third-order valence-electron chi connectivity index (χ3n) is 6.56. The number of pyridine rings is 1. The van der Waals surface area contributed by atoms with Gasteiger partial charge in [0.1, 0.15) is 5.82 Å². The molecule has 2 aliphatic heterocycles. The fourth-order valence-corrected chi connectivity index (χ4v) is 4.65. The number of benzene rings is 1. The van der Waals surface area contributed by atoms with Gasteiger partial charge in [0.05, 0.1) is 17.9 Å². The van der Waals surface area contributed by atoms with E-state index in [9.17, 15) is 4.79 Å². The highest BCUT2D eigenvalue weighted by molar-refractivity contribution is 6.09. The molecule has 0 amide bonds. The number of anilines is 3. The Morgan fingerprint density at radius 3 is 2.64 bits per heavy atom. The lowest BCUT2D eigenvalue weighted by molar-refractivity contribution is -0.000207. The minimum absolute atomic E-state index is 0.00960. The molecule has 0 bridgehead atoms. The number of carbonyl (C=O) groups is 1. The van der Waals surface area contributed by atoms with Crippen LogP contribution < -0.4 is 10.2 Å². The lowest BCUT2D eigenvalue weighted by Crippen LogP contribution is -2.59. The normalized spacial score (nSPS) is 17.1. The molecule has 2 N–H and O–H groups in total. The summed E-state index contributed by atoms with van der Waals surface area (Å²) in [5.41, 5.74) is 4.63. The largest absolute Gasteiger partial charge is 0.461 e. The van der Waals surface area contributed by atoms with Crippen molar-refractivity contribution in [2.75, 3.05) is 43.1 Å². The molecule has 0 radical (unpaired) electrons. The van der Waals surface area contributed by atoms with Crippen molar-refractivity contribution in [3.63, 3.8) is 0 Å². The predicted molar refractivity (Wildman–Crippen MR) is 131 cm³/mol. The molecule has 2 aromatic rings. The zero-order chi connectivity index (χ0) is 23.6. The van der Waals surface area contributed by atoms with Gasteiger partial charge < -0.3 is 25.1 Å². The predicted octanol–water partition coefficient (Wildman–Crippen LogP) is 4.95. The number of nitrogens with one attached hydrogen (secondary N) is 2. The first-order valence-corrected chi connectivity index (χ1v) is 11.8. The molecule has 7 heteroatoms. The molecule has 0 unspecified atom stereocenters. The highest BCUT2D eigenvalue weighted by Gasteiger charge is 2.45. The summed E-state index contributed by atoms with van der Waals surface area (Å²) < 4.78 is 10.9. The molecule has 0 atom stereocenters. The average molecular weight is 451 g/mol. The van der Waals surface area contributed by atoms with E-state index in [0.717, 1.165) is 61.6 Å². The number of aromatic nitrogens is 1. The van der Waals surface area contributed by atoms with Crippen molar-refractivity contribution in [3.8, 4) is 0 Å². The number of nitrogens with zero attached hydrogens (tertiary/aromatic N) is 2. The number of ether oxygens (including phenoxy) is 2. The summed E-state index contributed by atoms with van der Waals surface area (Å²) in [6.07, 6.45) is 2.09. The summed E-state index contributed by atoms with van der Waals surface area (Å²) in [5.74, 6) is 0.0816. The van der Waals surface area contributed by atoms with Crippen LogP contribution in [-0.4, -0.2) is 49.6 Å². The Morgan fingerprint density at radius 1 is 1.27 bits per heavy atom. The standard InChI is InChI=1S/C26H34N4O3/c1-5-33-25(31)20-14-21(30-15-26(16-30)9-11-32-12-10-26)22(23(27)17(2)3)24(29-20)28-19-8-6-7-18(4)13-19/h6-8,13-14,17,27H,5,9-12,15-16H2,1-4H3,(H,28,29). The SMILES string of the molecule is CCOC(=O)c1cc(N2CC3(CCOCC3)C2)c(C(=N)C(C)C)c(Nc2cccc(C)c2)n1. The van der Waals surface area contributed by atoms with Gasteiger partial charge in [0.25, 0.3) is 0 Å². The van der Waals surface area contributed by atoms with Crippen LogP contribution in [0.5, 0.6) is 0 Å². The van der Waals surface area contributed by atoms with Gasteiger partial charge in [0.2, 0.25) is 0 Å². The first-order valence-electron chi connectivity index (χ1n) is 11.8. The molecule has 1 aromatic heterocycles. The number of hydrogen-bond acceptors (Lipinski definition) is 7. The maximum absolute atomic E-state index is 12.7. The minimum Gasteiger partial charge on any atom is -0.461 e. The van der Waals surface area contributed by atoms with Crippen LogP contribution in [0.1, 0.15) is 55.2 Å². The number of rotatable bonds is 7. The van der Waals surface area contributed by atoms with Gasteiger partial charge in [0.15, 0.2) is 5.69 Å². The zero-order valence-corrected chi connectivity index (χ0v) is 20.0. The van der Waals surface area contributed by atoms with E-state index in [1.165, 1.54) is 0 Å². The van der Waals surface area contributed by atoms with Crippen molar-refractivity contribution in [2.45, 2.75) is 40.5 Å². The molecular weight excluding hydrogens is 416 g/mol. The molecule has 33 heavy (non-hydrogen) atoms. The summed E-state index contributed by atoms with van der Waals surface area (Å²) in [6, 6.07) is 9.81. The van der Waals surface area contributed by atoms with E-state index in [1.54, 1.807) is 13.0 Å². The maximum atomic E-state index is 12.7. The van der Waals surface area contributed by atoms with Crippen LogP contribution in [0.25, 0.3) is 0 Å². The molecule has 0 aliphatic carbocycles. The van der Waals surface area contributed by atoms with Gasteiger partial charge in [-0.2, -0.15) is 0 Å². The van der Waals surface area contributed by atoms with E-state index in [4.69, 9.17) is 14.9 Å². The van der Waals surface area contributed by atoms with Crippen LogP contribution in [-0.2, 0) is 9.47 Å². The van der Waals surface area contributed by atoms with Gasteiger partial charge in [-0.05, 0) is 56.4 Å². The molecule has 1 aromatic carbocycles. The van der Waals surface area contributed by atoms with Gasteiger partial charge in [-0.1, -0.05) is 26.0 Å². The number of hydrogen-bond donors (Lipinski definition) is 2. The van der Waals surface area contributed by atoms with Crippen molar-refractivity contribution in [1.82, 2.24) is 4.98 Å². The second kappa shape index (κ2) is 9.51. The van der Waals surface area contributed by atoms with Crippen LogP contribution in [0.15, 0.2) is 30.3 Å². The van der Waals surface area contributed by atoms with Gasteiger partial charge in [-0.15, -0.1) is 0 Å². The van der Waals surface area contributed by atoms with Crippen molar-refractivity contribution in [3.05, 3.63) is 47.2 Å². The number of aryl methyl sites for hydroxylation is 1. The van der Waals surface area contributed by atoms with E-state index in [1.807, 2.05) is 45.0 Å². The summed E-state index contributed by atoms with van der Waals surface area (Å²) in [7, 11) is 0. The molecule has 1 spiro atoms. The van der Waals surface area contributed by atoms with E-state index < -0.39 is 5.97 Å². The van der Waals surface area contributed by atoms with Crippen molar-refractivity contribution in [1.29, 1.82) is 5.41 Å². The van der Waals surface area contributed by atoms with Crippen molar-refractivity contribution >= 4 is 28.9 Å². The van der Waals surface area contributed by atoms with E-state index in [0.29, 0.717) is 11.5 Å². The highest BCUT2D eigenvalue weighted by atomic mass is 16.5. The second-order valence-electron chi connectivity index (χ2n) is 9.50. The Bertz CT molecular complexity index is 1040. The van der Waals surface area contributed by atoms with E-state index >= 15 is 0 Å². The molecule has 0 saturated carbocycles. The topological polar surface area (TPSA) is 87.5 Å². The van der Waals surface area contributed by atoms with Gasteiger partial charge in [0, 0.05) is 43.1 Å². The first kappa shape index (κ1) is 23.2. The Balaban J connectivity index is 1.79. The Morgan fingerprint density at radius 2 is 2.00 bits per heavy atom. The van der Waals surface area contributed by atoms with Gasteiger partial charge in [-0.3, -0.25) is 0 Å². The molecule has 176 valence electrons. The second-order valence-corrected chi connectivity index (χ2v) is 9.50. The van der Waals surface area contributed by atoms with Crippen molar-refractivity contribution < 1.29 is 14.3 Å². The van der Waals surface area contributed by atoms with Crippen LogP contribution in [0.4, 0.5) is 17.2 Å². The first-order chi connectivity index (χ1) is 15.8. The lowest BCUT2D eigenvalue weighted by atomic mass is 9.73. The number of esters is 1. The Labute approximate surface area is 196 Å². The smallest absolute Gasteiger partial charge is 0.357 e. The average Bonchev–Trinajstić information content (AvgIpc) is 2.77. The van der Waals surface area contributed by atoms with Crippen LogP contribution >= 0.6 is 0 Å². The zero-order valence-electron chi connectivity index (χ0n) is 20.0. The van der Waals surface area contributed by atoms with Crippen LogP contribution in [0, 0.1) is 23.7 Å². The molecule has 4 rings (SSSR count). The minimum atomic E-state index is -0.449. The fraction of sp³-hybridized carbons (Fsp3) is 0.500. The maximum Gasteiger partial charge on any atom is 0.357 e. The molecular formula is C26H34N4O3. The fourth-order valence-electron chi connectivity index (χ4n) is 4.65. The Hall–Kier alpha value is -2.93. The Kier molecular flexibility index (Phi) is 6.70. The van der Waals surface area contributed by atoms with E-state index in [-0.39, 0.29) is 23.6 Å². The third-order valence-corrected chi connectivity index (χ3v) is 6.56. The third kappa shape index (κ3) is 4.88. The lowest BCUT2D eigenvalue weighted by Gasteiger charge is -2.53. The monoisotopic (exact) mass is 450 g/mol. The van der Waals surface area contributed by atoms with Crippen LogP contribution in [0.2, 0.25) is 0 Å². The van der Waals surface area contributed by atoms with Crippen molar-refractivity contribution in [2.24, 2.45) is 11.3 Å². The highest BCUT2D eigenvalue weighted by Crippen LogP contribution is 2.44. The van der Waals surface area contributed by atoms with Gasteiger partial charge >= 0.3 is 5.97 Å². The van der Waals surface area contributed by atoms with Gasteiger partial charge in [-0.25, -0.2) is 9.78 Å². The number of carbonyl (C=O) groups excluding carboxylic acids is 1. The quantitative estimate of drug-likeness (QED) is 0.458. The molecule has 2 aliphatic rings. The molecule has 2 saturated heterocycles. The van der Waals surface area contributed by atoms with Crippen LogP contribution in [0.3, 0.4) is 0 Å². The summed E-state index contributed by atoms with van der Waals surface area (Å²) in [6.45, 7) is 11.5. The summed E-state index contributed by atoms with van der Waals surface area (Å²) in [4.78, 5) is 19.6.